The van der Waals surface area contributed by atoms with Gasteiger partial charge >= 0.3 is 5.63 Å². The highest BCUT2D eigenvalue weighted by Crippen LogP contribution is 1.94. The van der Waals surface area contributed by atoms with Crippen LogP contribution in [-0.2, 0) is 0 Å². The van der Waals surface area contributed by atoms with Gasteiger partial charge in [0.1, 0.15) is 0 Å². The number of hydrogen-bond donors (Lipinski definition) is 0. The van der Waals surface area contributed by atoms with Gasteiger partial charge in [0.2, 0.25) is 0 Å². The van der Waals surface area contributed by atoms with Crippen molar-refractivity contribution in [1.29, 1.82) is 0 Å². The largest absolute Gasteiger partial charge is 0.361 e. The SMILES string of the molecule is Cc1cnoc(=O)c1C. The van der Waals surface area contributed by atoms with Crippen LogP contribution in [0.2, 0.25) is 0 Å². The minimum atomic E-state index is -0.352. The highest BCUT2D eigenvalue weighted by Gasteiger charge is 1.96. The summed E-state index contributed by atoms with van der Waals surface area (Å²) in [5, 5.41) is 3.36. The van der Waals surface area contributed by atoms with Crippen molar-refractivity contribution < 1.29 is 4.52 Å². The molecule has 0 bridgehead atoms. The first-order chi connectivity index (χ1) is 4.22. The van der Waals surface area contributed by atoms with Gasteiger partial charge in [0, 0.05) is 5.56 Å². The van der Waals surface area contributed by atoms with Crippen LogP contribution in [0.5, 0.6) is 0 Å². The molecule has 1 aromatic heterocycles. The van der Waals surface area contributed by atoms with Gasteiger partial charge < -0.3 is 4.52 Å². The van der Waals surface area contributed by atoms with Gasteiger partial charge in [-0.2, -0.15) is 0 Å². The van der Waals surface area contributed by atoms with Crippen molar-refractivity contribution in [3.05, 3.63) is 27.7 Å². The van der Waals surface area contributed by atoms with E-state index >= 15 is 0 Å². The van der Waals surface area contributed by atoms with Crippen molar-refractivity contribution in [2.75, 3.05) is 0 Å². The fourth-order valence-electron chi connectivity index (χ4n) is 0.480. The molecule has 3 nitrogen and oxygen atoms in total. The van der Waals surface area contributed by atoms with E-state index in [0.717, 1.165) is 5.56 Å². The van der Waals surface area contributed by atoms with E-state index < -0.39 is 0 Å². The molecule has 1 aromatic rings. The third kappa shape index (κ3) is 0.988. The Morgan fingerprint density at radius 3 is 2.67 bits per heavy atom. The third-order valence-corrected chi connectivity index (χ3v) is 1.28. The molecule has 48 valence electrons. The van der Waals surface area contributed by atoms with Crippen molar-refractivity contribution in [2.24, 2.45) is 0 Å². The van der Waals surface area contributed by atoms with Gasteiger partial charge in [-0.3, -0.25) is 0 Å². The van der Waals surface area contributed by atoms with E-state index in [2.05, 4.69) is 9.68 Å². The summed E-state index contributed by atoms with van der Waals surface area (Å²) < 4.78 is 4.33. The molecule has 0 amide bonds. The molecule has 0 N–H and O–H groups in total. The molecular weight excluding hydrogens is 118 g/mol. The predicted molar refractivity (Wildman–Crippen MR) is 32.2 cm³/mol. The first kappa shape index (κ1) is 6.01. The number of aryl methyl sites for hydroxylation is 1. The molecule has 1 heterocycles. The van der Waals surface area contributed by atoms with Gasteiger partial charge in [0.25, 0.3) is 0 Å². The molecule has 0 unspecified atom stereocenters. The van der Waals surface area contributed by atoms with Crippen molar-refractivity contribution in [3.63, 3.8) is 0 Å². The Labute approximate surface area is 52.3 Å². The molecule has 0 aliphatic carbocycles. The summed E-state index contributed by atoms with van der Waals surface area (Å²) in [6.45, 7) is 3.53. The molecule has 9 heavy (non-hydrogen) atoms. The Bertz CT molecular complexity index is 264. The second-order valence-corrected chi connectivity index (χ2v) is 1.92. The minimum Gasteiger partial charge on any atom is -0.313 e. The van der Waals surface area contributed by atoms with Crippen LogP contribution >= 0.6 is 0 Å². The zero-order valence-corrected chi connectivity index (χ0v) is 5.34. The Balaban J connectivity index is 3.43. The van der Waals surface area contributed by atoms with Gasteiger partial charge in [-0.1, -0.05) is 5.16 Å². The van der Waals surface area contributed by atoms with Crippen LogP contribution in [0.1, 0.15) is 11.1 Å². The maximum atomic E-state index is 10.6. The molecule has 0 fully saturated rings. The predicted octanol–water partition coefficient (Wildman–Crippen LogP) is 0.652. The van der Waals surface area contributed by atoms with Gasteiger partial charge in [0.05, 0.1) is 6.20 Å². The summed E-state index contributed by atoms with van der Waals surface area (Å²) in [4.78, 5) is 10.6. The van der Waals surface area contributed by atoms with Crippen LogP contribution in [0.25, 0.3) is 0 Å². The lowest BCUT2D eigenvalue weighted by atomic mass is 10.2. The second kappa shape index (κ2) is 2.01. The number of nitrogens with zero attached hydrogens (tertiary/aromatic N) is 1. The quantitative estimate of drug-likeness (QED) is 0.511. The molecule has 0 spiro atoms. The lowest BCUT2D eigenvalue weighted by Crippen LogP contribution is -2.05. The van der Waals surface area contributed by atoms with Crippen LogP contribution in [-0.4, -0.2) is 5.16 Å². The smallest absolute Gasteiger partial charge is 0.313 e. The molecule has 0 aliphatic heterocycles. The molecule has 0 saturated carbocycles. The summed E-state index contributed by atoms with van der Waals surface area (Å²) in [6.07, 6.45) is 1.52. The van der Waals surface area contributed by atoms with E-state index in [0.29, 0.717) is 5.56 Å². The molecule has 0 radical (unpaired) electrons. The summed E-state index contributed by atoms with van der Waals surface area (Å²) in [7, 11) is 0. The maximum Gasteiger partial charge on any atom is 0.361 e. The van der Waals surface area contributed by atoms with Gasteiger partial charge in [-0.05, 0) is 19.4 Å². The zero-order chi connectivity index (χ0) is 6.85. The van der Waals surface area contributed by atoms with Crippen LogP contribution in [0.15, 0.2) is 15.5 Å². The molecular formula is C6H7NO2. The Hall–Kier alpha value is -1.12. The van der Waals surface area contributed by atoms with Gasteiger partial charge in [0.15, 0.2) is 0 Å². The van der Waals surface area contributed by atoms with Crippen LogP contribution in [0, 0.1) is 13.8 Å². The van der Waals surface area contributed by atoms with Gasteiger partial charge in [-0.15, -0.1) is 0 Å². The van der Waals surface area contributed by atoms with Crippen molar-refractivity contribution in [1.82, 2.24) is 5.16 Å². The minimum absolute atomic E-state index is 0.352. The average molecular weight is 125 g/mol. The van der Waals surface area contributed by atoms with Crippen LogP contribution < -0.4 is 5.63 Å². The second-order valence-electron chi connectivity index (χ2n) is 1.92. The summed E-state index contributed by atoms with van der Waals surface area (Å²) in [5.74, 6) is 0. The van der Waals surface area contributed by atoms with E-state index in [1.807, 2.05) is 6.92 Å². The maximum absolute atomic E-state index is 10.6. The van der Waals surface area contributed by atoms with E-state index in [9.17, 15) is 4.79 Å². The highest BCUT2D eigenvalue weighted by molar-refractivity contribution is 5.14. The Kier molecular flexibility index (Phi) is 1.34. The van der Waals surface area contributed by atoms with E-state index in [4.69, 9.17) is 0 Å². The molecule has 0 atom stereocenters. The highest BCUT2D eigenvalue weighted by atomic mass is 16.5. The fourth-order valence-corrected chi connectivity index (χ4v) is 0.480. The molecule has 0 aliphatic rings. The standard InChI is InChI=1S/C6H7NO2/c1-4-3-7-9-6(8)5(4)2/h3H,1-2H3. The van der Waals surface area contributed by atoms with Crippen LogP contribution in [0.4, 0.5) is 0 Å². The molecule has 3 heteroatoms. The summed E-state index contributed by atoms with van der Waals surface area (Å²) in [5.41, 5.74) is 1.14. The molecule has 0 aromatic carbocycles. The number of aromatic nitrogens is 1. The normalized spacial score (nSPS) is 9.56. The lowest BCUT2D eigenvalue weighted by molar-refractivity contribution is 0.364. The molecule has 1 rings (SSSR count). The van der Waals surface area contributed by atoms with Crippen molar-refractivity contribution >= 4 is 0 Å². The lowest BCUT2D eigenvalue weighted by Gasteiger charge is -1.90. The van der Waals surface area contributed by atoms with Crippen molar-refractivity contribution in [3.8, 4) is 0 Å². The first-order valence-corrected chi connectivity index (χ1v) is 2.64. The van der Waals surface area contributed by atoms with Gasteiger partial charge in [-0.25, -0.2) is 4.79 Å². The number of rotatable bonds is 0. The molecule has 0 saturated heterocycles. The Morgan fingerprint density at radius 2 is 2.22 bits per heavy atom. The van der Waals surface area contributed by atoms with Crippen molar-refractivity contribution in [2.45, 2.75) is 13.8 Å². The van der Waals surface area contributed by atoms with Crippen LogP contribution in [0.3, 0.4) is 0 Å². The number of hydrogen-bond acceptors (Lipinski definition) is 3. The first-order valence-electron chi connectivity index (χ1n) is 2.64. The third-order valence-electron chi connectivity index (χ3n) is 1.28. The Morgan fingerprint density at radius 1 is 1.56 bits per heavy atom. The van der Waals surface area contributed by atoms with E-state index in [1.165, 1.54) is 6.20 Å². The zero-order valence-electron chi connectivity index (χ0n) is 5.34. The summed E-state index contributed by atoms with van der Waals surface area (Å²) >= 11 is 0. The topological polar surface area (TPSA) is 43.1 Å². The average Bonchev–Trinajstić information content (AvgIpc) is 1.83. The fraction of sp³-hybridized carbons (Fsp3) is 0.333. The monoisotopic (exact) mass is 125 g/mol. The summed E-state index contributed by atoms with van der Waals surface area (Å²) in [6, 6.07) is 0. The van der Waals surface area contributed by atoms with E-state index in [1.54, 1.807) is 6.92 Å². The van der Waals surface area contributed by atoms with E-state index in [-0.39, 0.29) is 5.63 Å².